The van der Waals surface area contributed by atoms with Crippen LogP contribution in [0.1, 0.15) is 25.0 Å². The highest BCUT2D eigenvalue weighted by Crippen LogP contribution is 2.38. The van der Waals surface area contributed by atoms with Crippen LogP contribution < -0.4 is 5.73 Å². The van der Waals surface area contributed by atoms with Crippen molar-refractivity contribution >= 4 is 0 Å². The van der Waals surface area contributed by atoms with E-state index in [1.54, 1.807) is 12.1 Å². The minimum absolute atomic E-state index is 0.125. The number of rotatable bonds is 2. The molecule has 0 amide bonds. The van der Waals surface area contributed by atoms with Crippen LogP contribution in [0, 0.1) is 17.2 Å². The fraction of sp³-hybridized carbons (Fsp3) is 0.538. The van der Waals surface area contributed by atoms with Gasteiger partial charge in [0.05, 0.1) is 0 Å². The molecule has 1 nitrogen and oxygen atoms in total. The average Bonchev–Trinajstić information content (AvgIpc) is 2.61. The zero-order valence-corrected chi connectivity index (χ0v) is 9.39. The highest BCUT2D eigenvalue weighted by molar-refractivity contribution is 5.33. The molecule has 1 aliphatic rings. The van der Waals surface area contributed by atoms with Gasteiger partial charge in [0, 0.05) is 0 Å². The first kappa shape index (κ1) is 10.6. The maximum absolute atomic E-state index is 13.0. The predicted molar refractivity (Wildman–Crippen MR) is 60.1 cm³/mol. The molecule has 1 aromatic rings. The van der Waals surface area contributed by atoms with E-state index in [0.29, 0.717) is 12.5 Å². The first-order chi connectivity index (χ1) is 7.03. The van der Waals surface area contributed by atoms with Crippen molar-refractivity contribution in [3.63, 3.8) is 0 Å². The van der Waals surface area contributed by atoms with Crippen LogP contribution in [-0.4, -0.2) is 6.54 Å². The molecule has 2 N–H and O–H groups in total. The summed E-state index contributed by atoms with van der Waals surface area (Å²) in [5.41, 5.74) is 8.39. The second-order valence-electron chi connectivity index (χ2n) is 5.21. The molecule has 2 rings (SSSR count). The van der Waals surface area contributed by atoms with Crippen molar-refractivity contribution in [3.05, 3.63) is 35.1 Å². The van der Waals surface area contributed by atoms with E-state index in [1.807, 2.05) is 6.07 Å². The summed E-state index contributed by atoms with van der Waals surface area (Å²) < 4.78 is 13.0. The van der Waals surface area contributed by atoms with Crippen molar-refractivity contribution in [2.45, 2.75) is 26.7 Å². The van der Waals surface area contributed by atoms with E-state index in [9.17, 15) is 4.39 Å². The lowest BCUT2D eigenvalue weighted by Gasteiger charge is -2.29. The summed E-state index contributed by atoms with van der Waals surface area (Å²) in [7, 11) is 0. The van der Waals surface area contributed by atoms with Crippen LogP contribution in [-0.2, 0) is 12.8 Å². The van der Waals surface area contributed by atoms with Crippen LogP contribution in [0.25, 0.3) is 0 Å². The van der Waals surface area contributed by atoms with Crippen molar-refractivity contribution in [1.29, 1.82) is 0 Å². The molecule has 0 fully saturated rings. The van der Waals surface area contributed by atoms with Gasteiger partial charge in [0.25, 0.3) is 0 Å². The maximum Gasteiger partial charge on any atom is 0.123 e. The Hall–Kier alpha value is -0.890. The van der Waals surface area contributed by atoms with E-state index in [0.717, 1.165) is 12.8 Å². The monoisotopic (exact) mass is 207 g/mol. The van der Waals surface area contributed by atoms with Crippen molar-refractivity contribution in [1.82, 2.24) is 0 Å². The molecule has 0 heterocycles. The Balaban J connectivity index is 2.22. The first-order valence-corrected chi connectivity index (χ1v) is 5.50. The van der Waals surface area contributed by atoms with Crippen LogP contribution in [0.2, 0.25) is 0 Å². The minimum Gasteiger partial charge on any atom is -0.330 e. The summed E-state index contributed by atoms with van der Waals surface area (Å²) in [5, 5.41) is 0. The van der Waals surface area contributed by atoms with Gasteiger partial charge in [-0.1, -0.05) is 19.9 Å². The van der Waals surface area contributed by atoms with E-state index in [-0.39, 0.29) is 11.2 Å². The number of nitrogens with two attached hydrogens (primary N) is 1. The lowest BCUT2D eigenvalue weighted by atomic mass is 9.77. The summed E-state index contributed by atoms with van der Waals surface area (Å²) in [5.74, 6) is 0.430. The summed E-state index contributed by atoms with van der Waals surface area (Å²) in [4.78, 5) is 0. The van der Waals surface area contributed by atoms with Crippen molar-refractivity contribution in [3.8, 4) is 0 Å². The van der Waals surface area contributed by atoms with E-state index >= 15 is 0 Å². The molecule has 1 atom stereocenters. The third-order valence-corrected chi connectivity index (χ3v) is 3.73. The van der Waals surface area contributed by atoms with Crippen LogP contribution >= 0.6 is 0 Å². The third-order valence-electron chi connectivity index (χ3n) is 3.73. The van der Waals surface area contributed by atoms with Gasteiger partial charge in [-0.3, -0.25) is 0 Å². The second kappa shape index (κ2) is 3.60. The number of fused-ring (bicyclic) bond motifs is 1. The second-order valence-corrected chi connectivity index (χ2v) is 5.21. The standard InChI is InChI=1S/C13H18FN/c1-13(2,8-15)11-5-9-3-4-12(14)7-10(9)6-11/h3-4,7,11H,5-6,8,15H2,1-2H3. The van der Waals surface area contributed by atoms with Gasteiger partial charge in [-0.15, -0.1) is 0 Å². The minimum atomic E-state index is -0.125. The maximum atomic E-state index is 13.0. The Labute approximate surface area is 90.5 Å². The highest BCUT2D eigenvalue weighted by atomic mass is 19.1. The summed E-state index contributed by atoms with van der Waals surface area (Å²) in [6.45, 7) is 5.08. The normalized spacial score (nSPS) is 20.4. The third kappa shape index (κ3) is 1.91. The molecular formula is C13H18FN. The highest BCUT2D eigenvalue weighted by Gasteiger charge is 2.33. The van der Waals surface area contributed by atoms with E-state index in [2.05, 4.69) is 13.8 Å². The quantitative estimate of drug-likeness (QED) is 0.792. The zero-order chi connectivity index (χ0) is 11.1. The van der Waals surface area contributed by atoms with Crippen molar-refractivity contribution in [2.75, 3.05) is 6.54 Å². The van der Waals surface area contributed by atoms with E-state index in [4.69, 9.17) is 5.73 Å². The molecule has 0 spiro atoms. The lowest BCUT2D eigenvalue weighted by Crippen LogP contribution is -2.32. The van der Waals surface area contributed by atoms with Gasteiger partial charge in [-0.05, 0) is 54.0 Å². The van der Waals surface area contributed by atoms with Crippen molar-refractivity contribution in [2.24, 2.45) is 17.1 Å². The molecule has 15 heavy (non-hydrogen) atoms. The Morgan fingerprint density at radius 2 is 2.00 bits per heavy atom. The molecule has 0 aromatic heterocycles. The zero-order valence-electron chi connectivity index (χ0n) is 9.39. The van der Waals surface area contributed by atoms with Crippen LogP contribution in [0.5, 0.6) is 0 Å². The van der Waals surface area contributed by atoms with Crippen LogP contribution in [0.4, 0.5) is 4.39 Å². The van der Waals surface area contributed by atoms with Gasteiger partial charge in [0.2, 0.25) is 0 Å². The predicted octanol–water partition coefficient (Wildman–Crippen LogP) is 2.53. The molecule has 0 radical (unpaired) electrons. The number of hydrogen-bond acceptors (Lipinski definition) is 1. The molecule has 0 saturated heterocycles. The smallest absolute Gasteiger partial charge is 0.123 e. The molecular weight excluding hydrogens is 189 g/mol. The molecule has 1 aliphatic carbocycles. The molecule has 1 aromatic carbocycles. The SMILES string of the molecule is CC(C)(CN)C1Cc2ccc(F)cc2C1. The van der Waals surface area contributed by atoms with Gasteiger partial charge in [0.1, 0.15) is 5.82 Å². The Bertz CT molecular complexity index is 371. The Morgan fingerprint density at radius 3 is 2.67 bits per heavy atom. The number of hydrogen-bond donors (Lipinski definition) is 1. The summed E-state index contributed by atoms with van der Waals surface area (Å²) in [6, 6.07) is 5.13. The molecule has 2 heteroatoms. The lowest BCUT2D eigenvalue weighted by molar-refractivity contribution is 0.231. The average molecular weight is 207 g/mol. The molecule has 82 valence electrons. The fourth-order valence-corrected chi connectivity index (χ4v) is 2.31. The summed E-state index contributed by atoms with van der Waals surface area (Å²) in [6.07, 6.45) is 2.01. The number of halogens is 1. The Kier molecular flexibility index (Phi) is 2.55. The van der Waals surface area contributed by atoms with Crippen LogP contribution in [0.3, 0.4) is 0 Å². The van der Waals surface area contributed by atoms with E-state index < -0.39 is 0 Å². The van der Waals surface area contributed by atoms with Gasteiger partial charge in [-0.2, -0.15) is 0 Å². The van der Waals surface area contributed by atoms with Gasteiger partial charge < -0.3 is 5.73 Å². The van der Waals surface area contributed by atoms with Gasteiger partial charge in [-0.25, -0.2) is 4.39 Å². The first-order valence-electron chi connectivity index (χ1n) is 5.50. The number of benzene rings is 1. The molecule has 1 unspecified atom stereocenters. The molecule has 0 aliphatic heterocycles. The van der Waals surface area contributed by atoms with Gasteiger partial charge >= 0.3 is 0 Å². The molecule has 0 bridgehead atoms. The topological polar surface area (TPSA) is 26.0 Å². The fourth-order valence-electron chi connectivity index (χ4n) is 2.31. The molecule has 0 saturated carbocycles. The van der Waals surface area contributed by atoms with Crippen LogP contribution in [0.15, 0.2) is 18.2 Å². The Morgan fingerprint density at radius 1 is 1.33 bits per heavy atom. The van der Waals surface area contributed by atoms with Crippen molar-refractivity contribution < 1.29 is 4.39 Å². The van der Waals surface area contributed by atoms with Gasteiger partial charge in [0.15, 0.2) is 0 Å². The van der Waals surface area contributed by atoms with E-state index in [1.165, 1.54) is 11.1 Å². The summed E-state index contributed by atoms with van der Waals surface area (Å²) >= 11 is 0. The largest absolute Gasteiger partial charge is 0.330 e.